The van der Waals surface area contributed by atoms with E-state index >= 15 is 0 Å². The summed E-state index contributed by atoms with van der Waals surface area (Å²) in [6.07, 6.45) is 3.08. The van der Waals surface area contributed by atoms with Crippen molar-refractivity contribution in [2.75, 3.05) is 19.6 Å². The van der Waals surface area contributed by atoms with Gasteiger partial charge in [0.15, 0.2) is 0 Å². The summed E-state index contributed by atoms with van der Waals surface area (Å²) >= 11 is 1.63. The predicted octanol–water partition coefficient (Wildman–Crippen LogP) is 2.55. The van der Waals surface area contributed by atoms with Gasteiger partial charge in [0.1, 0.15) is 11.1 Å². The van der Waals surface area contributed by atoms with Crippen LogP contribution in [0.4, 0.5) is 0 Å². The third kappa shape index (κ3) is 2.15. The number of rotatable bonds is 2. The second-order valence-electron chi connectivity index (χ2n) is 7.78. The molecule has 4 aliphatic rings. The number of nitrogens with zero attached hydrogens (tertiary/aromatic N) is 3. The fourth-order valence-corrected chi connectivity index (χ4v) is 5.03. The van der Waals surface area contributed by atoms with E-state index in [2.05, 4.69) is 35.9 Å². The van der Waals surface area contributed by atoms with E-state index in [9.17, 15) is 0 Å². The lowest BCUT2D eigenvalue weighted by atomic mass is 9.66. The zero-order valence-corrected chi connectivity index (χ0v) is 13.3. The van der Waals surface area contributed by atoms with E-state index in [4.69, 9.17) is 4.74 Å². The second kappa shape index (κ2) is 4.41. The summed E-state index contributed by atoms with van der Waals surface area (Å²) in [4.78, 5) is 2.63. The van der Waals surface area contributed by atoms with Gasteiger partial charge in [-0.05, 0) is 18.8 Å². The molecule has 1 aliphatic carbocycles. The van der Waals surface area contributed by atoms with Crippen molar-refractivity contribution in [1.82, 2.24) is 15.1 Å². The average Bonchev–Trinajstić information content (AvgIpc) is 2.81. The quantitative estimate of drug-likeness (QED) is 0.840. The Balaban J connectivity index is 1.50. The molecule has 0 amide bonds. The summed E-state index contributed by atoms with van der Waals surface area (Å²) in [5.74, 6) is 2.35. The molecule has 2 unspecified atom stereocenters. The molecule has 4 heterocycles. The Bertz CT molecular complexity index is 479. The van der Waals surface area contributed by atoms with Crippen LogP contribution >= 0.6 is 11.3 Å². The second-order valence-corrected chi connectivity index (χ2v) is 8.72. The van der Waals surface area contributed by atoms with Crippen molar-refractivity contribution in [1.29, 1.82) is 0 Å². The SMILES string of the molecule is CC(C)(C)c1nnc(OC2C3CC4CC2CN(C4)C3)s1. The average molecular weight is 293 g/mol. The molecule has 4 bridgehead atoms. The number of aromatic nitrogens is 2. The van der Waals surface area contributed by atoms with Crippen LogP contribution in [0.1, 0.15) is 38.6 Å². The Morgan fingerprint density at radius 2 is 1.80 bits per heavy atom. The van der Waals surface area contributed by atoms with Gasteiger partial charge in [-0.15, -0.1) is 10.2 Å². The van der Waals surface area contributed by atoms with E-state index < -0.39 is 0 Å². The number of hydrogen-bond acceptors (Lipinski definition) is 5. The van der Waals surface area contributed by atoms with Crippen LogP contribution in [0.3, 0.4) is 0 Å². The van der Waals surface area contributed by atoms with Crippen molar-refractivity contribution in [3.8, 4) is 5.19 Å². The molecule has 5 heteroatoms. The summed E-state index contributed by atoms with van der Waals surface area (Å²) in [5, 5.41) is 10.4. The van der Waals surface area contributed by atoms with Crippen molar-refractivity contribution >= 4 is 11.3 Å². The van der Waals surface area contributed by atoms with Crippen LogP contribution in [-0.4, -0.2) is 40.8 Å². The highest BCUT2D eigenvalue weighted by molar-refractivity contribution is 7.13. The highest BCUT2D eigenvalue weighted by Crippen LogP contribution is 2.45. The van der Waals surface area contributed by atoms with Gasteiger partial charge in [0.2, 0.25) is 0 Å². The lowest BCUT2D eigenvalue weighted by molar-refractivity contribution is -0.0986. The van der Waals surface area contributed by atoms with Crippen LogP contribution in [0.5, 0.6) is 5.19 Å². The Hall–Kier alpha value is -0.680. The maximum absolute atomic E-state index is 6.29. The normalized spacial score (nSPS) is 39.2. The molecule has 5 rings (SSSR count). The Labute approximate surface area is 124 Å². The van der Waals surface area contributed by atoms with E-state index in [-0.39, 0.29) is 5.41 Å². The van der Waals surface area contributed by atoms with Crippen LogP contribution < -0.4 is 4.74 Å². The first-order valence-electron chi connectivity index (χ1n) is 7.72. The lowest BCUT2D eigenvalue weighted by Gasteiger charge is -2.55. The van der Waals surface area contributed by atoms with Gasteiger partial charge in [-0.25, -0.2) is 0 Å². The molecule has 0 N–H and O–H groups in total. The Morgan fingerprint density at radius 3 is 2.35 bits per heavy atom. The first-order valence-corrected chi connectivity index (χ1v) is 8.53. The molecule has 0 aromatic carbocycles. The Kier molecular flexibility index (Phi) is 2.87. The van der Waals surface area contributed by atoms with E-state index in [1.54, 1.807) is 11.3 Å². The third-order valence-electron chi connectivity index (χ3n) is 4.99. The minimum atomic E-state index is 0.0645. The molecule has 1 aromatic heterocycles. The van der Waals surface area contributed by atoms with Gasteiger partial charge in [0.05, 0.1) is 0 Å². The molecular formula is C15H23N3OS. The van der Waals surface area contributed by atoms with E-state index in [0.717, 1.165) is 16.1 Å². The van der Waals surface area contributed by atoms with Crippen molar-refractivity contribution in [2.24, 2.45) is 17.8 Å². The molecule has 1 saturated carbocycles. The maximum Gasteiger partial charge on any atom is 0.294 e. The van der Waals surface area contributed by atoms with Crippen molar-refractivity contribution in [3.63, 3.8) is 0 Å². The van der Waals surface area contributed by atoms with Crippen LogP contribution in [0.2, 0.25) is 0 Å². The molecular weight excluding hydrogens is 270 g/mol. The molecule has 0 spiro atoms. The van der Waals surface area contributed by atoms with Gasteiger partial charge in [-0.1, -0.05) is 32.1 Å². The molecule has 0 radical (unpaired) electrons. The van der Waals surface area contributed by atoms with E-state index in [1.807, 2.05) is 0 Å². The van der Waals surface area contributed by atoms with Crippen molar-refractivity contribution in [3.05, 3.63) is 5.01 Å². The van der Waals surface area contributed by atoms with E-state index in [0.29, 0.717) is 17.9 Å². The summed E-state index contributed by atoms with van der Waals surface area (Å²) in [6, 6.07) is 0. The first kappa shape index (κ1) is 13.0. The lowest BCUT2D eigenvalue weighted by Crippen LogP contribution is -2.61. The highest BCUT2D eigenvalue weighted by atomic mass is 32.1. The topological polar surface area (TPSA) is 38.3 Å². The molecule has 4 nitrogen and oxygen atoms in total. The van der Waals surface area contributed by atoms with Crippen molar-refractivity contribution in [2.45, 2.75) is 45.1 Å². The molecule has 20 heavy (non-hydrogen) atoms. The predicted molar refractivity (Wildman–Crippen MR) is 79.2 cm³/mol. The van der Waals surface area contributed by atoms with Gasteiger partial charge < -0.3 is 9.64 Å². The van der Waals surface area contributed by atoms with Crippen LogP contribution in [0.25, 0.3) is 0 Å². The molecule has 1 aromatic rings. The summed E-state index contributed by atoms with van der Waals surface area (Å²) < 4.78 is 6.29. The standard InChI is InChI=1S/C15H23N3OS/c1-15(2,3)13-16-17-14(20-13)19-12-10-4-9-5-11(12)8-18(6-9)7-10/h9-12H,4-8H2,1-3H3. The van der Waals surface area contributed by atoms with Crippen LogP contribution in [-0.2, 0) is 5.41 Å². The molecule has 3 saturated heterocycles. The number of piperidine rings is 3. The van der Waals surface area contributed by atoms with Gasteiger partial charge in [-0.3, -0.25) is 0 Å². The third-order valence-corrected chi connectivity index (χ3v) is 6.23. The fourth-order valence-electron chi connectivity index (χ4n) is 4.23. The van der Waals surface area contributed by atoms with Gasteiger partial charge >= 0.3 is 0 Å². The molecule has 3 aliphatic heterocycles. The number of hydrogen-bond donors (Lipinski definition) is 0. The summed E-state index contributed by atoms with van der Waals surface area (Å²) in [7, 11) is 0. The smallest absolute Gasteiger partial charge is 0.294 e. The van der Waals surface area contributed by atoms with Crippen LogP contribution in [0, 0.1) is 17.8 Å². The zero-order chi connectivity index (χ0) is 13.9. The highest BCUT2D eigenvalue weighted by Gasteiger charge is 2.49. The van der Waals surface area contributed by atoms with Gasteiger partial charge in [0, 0.05) is 36.9 Å². The number of ether oxygens (including phenoxy) is 1. The summed E-state index contributed by atoms with van der Waals surface area (Å²) in [5.41, 5.74) is 0.0645. The molecule has 110 valence electrons. The summed E-state index contributed by atoms with van der Waals surface area (Å²) in [6.45, 7) is 10.3. The van der Waals surface area contributed by atoms with E-state index in [1.165, 1.54) is 32.5 Å². The van der Waals surface area contributed by atoms with Gasteiger partial charge in [0.25, 0.3) is 5.19 Å². The van der Waals surface area contributed by atoms with Crippen LogP contribution in [0.15, 0.2) is 0 Å². The zero-order valence-electron chi connectivity index (χ0n) is 12.5. The van der Waals surface area contributed by atoms with Gasteiger partial charge in [-0.2, -0.15) is 0 Å². The molecule has 2 atom stereocenters. The minimum absolute atomic E-state index is 0.0645. The molecule has 4 fully saturated rings. The largest absolute Gasteiger partial charge is 0.465 e. The first-order chi connectivity index (χ1) is 9.49. The monoisotopic (exact) mass is 293 g/mol. The minimum Gasteiger partial charge on any atom is -0.465 e. The van der Waals surface area contributed by atoms with Crippen molar-refractivity contribution < 1.29 is 4.74 Å². The fraction of sp³-hybridized carbons (Fsp3) is 0.867. The maximum atomic E-state index is 6.29. The Morgan fingerprint density at radius 1 is 1.10 bits per heavy atom.